The predicted octanol–water partition coefficient (Wildman–Crippen LogP) is -0.0447. The third-order valence-electron chi connectivity index (χ3n) is 2.84. The largest absolute Gasteiger partial charge is 0.337 e. The van der Waals surface area contributed by atoms with Crippen molar-refractivity contribution in [2.75, 3.05) is 26.2 Å². The van der Waals surface area contributed by atoms with Crippen molar-refractivity contribution in [1.29, 1.82) is 0 Å². The van der Waals surface area contributed by atoms with Crippen LogP contribution in [0.5, 0.6) is 0 Å². The van der Waals surface area contributed by atoms with Crippen LogP contribution in [0.3, 0.4) is 0 Å². The summed E-state index contributed by atoms with van der Waals surface area (Å²) in [5.41, 5.74) is 1.28. The second kappa shape index (κ2) is 5.17. The first-order valence-electron chi connectivity index (χ1n) is 5.35. The number of rotatable bonds is 2. The minimum absolute atomic E-state index is 0.641. The van der Waals surface area contributed by atoms with Crippen LogP contribution in [0.1, 0.15) is 5.56 Å². The van der Waals surface area contributed by atoms with E-state index in [1.165, 1.54) is 31.7 Å². The van der Waals surface area contributed by atoms with Crippen LogP contribution in [-0.2, 0) is 6.54 Å². The van der Waals surface area contributed by atoms with Crippen LogP contribution in [0.2, 0.25) is 10.0 Å². The molecule has 0 radical (unpaired) electrons. The topological polar surface area (TPSA) is 21.1 Å². The molecule has 1 saturated heterocycles. The summed E-state index contributed by atoms with van der Waals surface area (Å²) in [7, 11) is 0. The van der Waals surface area contributed by atoms with Crippen molar-refractivity contribution in [2.45, 2.75) is 6.54 Å². The summed E-state index contributed by atoms with van der Waals surface area (Å²) in [6.45, 7) is 6.00. The highest BCUT2D eigenvalue weighted by atomic mass is 35.5. The van der Waals surface area contributed by atoms with Gasteiger partial charge in [0.25, 0.3) is 0 Å². The molecule has 4 heteroatoms. The van der Waals surface area contributed by atoms with Gasteiger partial charge in [-0.2, -0.15) is 0 Å². The summed E-state index contributed by atoms with van der Waals surface area (Å²) in [5, 5.41) is 3.68. The van der Waals surface area contributed by atoms with Crippen molar-refractivity contribution < 1.29 is 10.2 Å². The van der Waals surface area contributed by atoms with Gasteiger partial charge in [-0.25, -0.2) is 0 Å². The Bertz CT molecular complexity index is 335. The van der Waals surface area contributed by atoms with E-state index in [2.05, 4.69) is 11.4 Å². The molecule has 0 aromatic heterocycles. The number of hydrogen-bond acceptors (Lipinski definition) is 0. The molecule has 0 spiro atoms. The van der Waals surface area contributed by atoms with Gasteiger partial charge in [-0.1, -0.05) is 29.3 Å². The first kappa shape index (κ1) is 11.2. The fourth-order valence-electron chi connectivity index (χ4n) is 2.00. The van der Waals surface area contributed by atoms with E-state index >= 15 is 0 Å². The van der Waals surface area contributed by atoms with Gasteiger partial charge in [-0.05, 0) is 12.1 Å². The first-order chi connectivity index (χ1) is 7.25. The number of benzene rings is 1. The zero-order chi connectivity index (χ0) is 10.7. The van der Waals surface area contributed by atoms with Gasteiger partial charge >= 0.3 is 0 Å². The third-order valence-corrected chi connectivity index (χ3v) is 3.58. The van der Waals surface area contributed by atoms with E-state index in [1.54, 1.807) is 4.90 Å². The zero-order valence-electron chi connectivity index (χ0n) is 8.60. The molecule has 15 heavy (non-hydrogen) atoms. The molecular weight excluding hydrogens is 231 g/mol. The number of nitrogens with one attached hydrogen (secondary N) is 1. The Morgan fingerprint density at radius 2 is 1.87 bits per heavy atom. The molecule has 0 aliphatic carbocycles. The fraction of sp³-hybridized carbons (Fsp3) is 0.455. The second-order valence-electron chi connectivity index (χ2n) is 4.04. The van der Waals surface area contributed by atoms with E-state index in [1.807, 2.05) is 12.1 Å². The summed E-state index contributed by atoms with van der Waals surface area (Å²) < 4.78 is 0. The molecule has 1 aliphatic rings. The maximum absolute atomic E-state index is 5.98. The lowest BCUT2D eigenvalue weighted by Gasteiger charge is -2.22. The predicted molar refractivity (Wildman–Crippen MR) is 62.5 cm³/mol. The highest BCUT2D eigenvalue weighted by Crippen LogP contribution is 2.22. The Labute approximate surface area is 100 Å². The highest BCUT2D eigenvalue weighted by Gasteiger charge is 2.15. The van der Waals surface area contributed by atoms with E-state index in [4.69, 9.17) is 23.2 Å². The van der Waals surface area contributed by atoms with Crippen molar-refractivity contribution >= 4 is 23.2 Å². The molecule has 1 fully saturated rings. The van der Waals surface area contributed by atoms with Gasteiger partial charge in [-0.15, -0.1) is 0 Å². The van der Waals surface area contributed by atoms with E-state index < -0.39 is 0 Å². The Balaban J connectivity index is 2.00. The lowest BCUT2D eigenvalue weighted by atomic mass is 10.2. The molecule has 3 N–H and O–H groups in total. The number of halogens is 2. The SMILES string of the molecule is Clc1ccc(C[NH+]2CC[NH2+]CC2)cc1Cl. The lowest BCUT2D eigenvalue weighted by Crippen LogP contribution is -3.19. The Morgan fingerprint density at radius 1 is 1.13 bits per heavy atom. The highest BCUT2D eigenvalue weighted by molar-refractivity contribution is 6.41. The van der Waals surface area contributed by atoms with Gasteiger partial charge in [0.05, 0.1) is 10.0 Å². The molecule has 1 heterocycles. The van der Waals surface area contributed by atoms with Crippen LogP contribution in [-0.4, -0.2) is 26.2 Å². The molecule has 1 aliphatic heterocycles. The molecule has 1 aromatic carbocycles. The molecular formula is C11H16Cl2N2+2. The van der Waals surface area contributed by atoms with Crippen molar-refractivity contribution in [3.8, 4) is 0 Å². The molecule has 0 amide bonds. The molecule has 82 valence electrons. The average molecular weight is 247 g/mol. The Kier molecular flexibility index (Phi) is 3.87. The van der Waals surface area contributed by atoms with Crippen LogP contribution in [0.25, 0.3) is 0 Å². The van der Waals surface area contributed by atoms with Crippen molar-refractivity contribution in [2.24, 2.45) is 0 Å². The normalized spacial score (nSPS) is 18.0. The first-order valence-corrected chi connectivity index (χ1v) is 6.10. The second-order valence-corrected chi connectivity index (χ2v) is 4.86. The summed E-state index contributed by atoms with van der Waals surface area (Å²) in [4.78, 5) is 1.64. The molecule has 1 aromatic rings. The molecule has 2 rings (SSSR count). The van der Waals surface area contributed by atoms with Crippen molar-refractivity contribution in [1.82, 2.24) is 0 Å². The Hall–Kier alpha value is -0.280. The van der Waals surface area contributed by atoms with Crippen LogP contribution in [0.15, 0.2) is 18.2 Å². The fourth-order valence-corrected chi connectivity index (χ4v) is 2.32. The van der Waals surface area contributed by atoms with Crippen LogP contribution < -0.4 is 10.2 Å². The molecule has 0 atom stereocenters. The quantitative estimate of drug-likeness (QED) is 0.731. The maximum Gasteiger partial charge on any atom is 0.127 e. The standard InChI is InChI=1S/C11H14Cl2N2/c12-10-2-1-9(7-11(10)13)8-15-5-3-14-4-6-15/h1-2,7,14H,3-6,8H2/p+2. The van der Waals surface area contributed by atoms with Gasteiger partial charge in [0.2, 0.25) is 0 Å². The van der Waals surface area contributed by atoms with E-state index in [9.17, 15) is 0 Å². The minimum Gasteiger partial charge on any atom is -0.337 e. The number of nitrogens with two attached hydrogens (primary N) is 1. The summed E-state index contributed by atoms with van der Waals surface area (Å²) in [6.07, 6.45) is 0. The van der Waals surface area contributed by atoms with Gasteiger partial charge in [0.1, 0.15) is 32.7 Å². The monoisotopic (exact) mass is 246 g/mol. The van der Waals surface area contributed by atoms with Crippen molar-refractivity contribution in [3.05, 3.63) is 33.8 Å². The summed E-state index contributed by atoms with van der Waals surface area (Å²) in [5.74, 6) is 0. The summed E-state index contributed by atoms with van der Waals surface area (Å²) >= 11 is 11.9. The molecule has 0 saturated carbocycles. The van der Waals surface area contributed by atoms with Gasteiger partial charge < -0.3 is 10.2 Å². The summed E-state index contributed by atoms with van der Waals surface area (Å²) in [6, 6.07) is 5.93. The van der Waals surface area contributed by atoms with Gasteiger partial charge in [0, 0.05) is 5.56 Å². The van der Waals surface area contributed by atoms with Gasteiger partial charge in [0.15, 0.2) is 0 Å². The van der Waals surface area contributed by atoms with E-state index in [-0.39, 0.29) is 0 Å². The maximum atomic E-state index is 5.98. The molecule has 2 nitrogen and oxygen atoms in total. The smallest absolute Gasteiger partial charge is 0.127 e. The number of hydrogen-bond donors (Lipinski definition) is 2. The van der Waals surface area contributed by atoms with Crippen molar-refractivity contribution in [3.63, 3.8) is 0 Å². The van der Waals surface area contributed by atoms with Crippen LogP contribution in [0.4, 0.5) is 0 Å². The zero-order valence-corrected chi connectivity index (χ0v) is 10.1. The average Bonchev–Trinajstić information content (AvgIpc) is 2.25. The Morgan fingerprint density at radius 3 is 2.53 bits per heavy atom. The molecule has 0 unspecified atom stereocenters. The lowest BCUT2D eigenvalue weighted by molar-refractivity contribution is -0.958. The van der Waals surface area contributed by atoms with Gasteiger partial charge in [-0.3, -0.25) is 0 Å². The molecule has 0 bridgehead atoms. The van der Waals surface area contributed by atoms with Crippen LogP contribution in [0, 0.1) is 0 Å². The van der Waals surface area contributed by atoms with E-state index in [0.29, 0.717) is 10.0 Å². The van der Waals surface area contributed by atoms with Crippen LogP contribution >= 0.6 is 23.2 Å². The third kappa shape index (κ3) is 3.08. The van der Waals surface area contributed by atoms with E-state index in [0.717, 1.165) is 6.54 Å². The minimum atomic E-state index is 0.641. The number of quaternary nitrogens is 2. The number of piperazine rings is 1.